The highest BCUT2D eigenvalue weighted by Gasteiger charge is 2.28. The lowest BCUT2D eigenvalue weighted by atomic mass is 9.97. The molecule has 0 saturated heterocycles. The lowest BCUT2D eigenvalue weighted by molar-refractivity contribution is -0.142. The van der Waals surface area contributed by atoms with Gasteiger partial charge in [-0.2, -0.15) is 0 Å². The van der Waals surface area contributed by atoms with E-state index in [1.807, 2.05) is 13.8 Å². The minimum Gasteiger partial charge on any atom is -0.390 e. The van der Waals surface area contributed by atoms with Crippen molar-refractivity contribution in [3.05, 3.63) is 0 Å². The standard InChI is InChI=1S/C26H52O3/c1-6-7-8-9-10-11-12-13-14-15-16-17-18-19-20-21-24(27)26(4,5)29-23-22-25(2,3)28/h28H,6-23H2,1-5H3. The molecular weight excluding hydrogens is 360 g/mol. The maximum absolute atomic E-state index is 12.4. The van der Waals surface area contributed by atoms with Gasteiger partial charge in [-0.15, -0.1) is 0 Å². The molecule has 0 aliphatic heterocycles. The SMILES string of the molecule is CCCCCCCCCCCCCCCCCC(=O)C(C)(C)OCCC(C)(C)O. The predicted molar refractivity (Wildman–Crippen MR) is 125 cm³/mol. The maximum Gasteiger partial charge on any atom is 0.164 e. The second kappa shape index (κ2) is 17.3. The van der Waals surface area contributed by atoms with Crippen LogP contribution in [0.5, 0.6) is 0 Å². The van der Waals surface area contributed by atoms with Gasteiger partial charge in [-0.25, -0.2) is 0 Å². The van der Waals surface area contributed by atoms with E-state index in [4.69, 9.17) is 4.74 Å². The van der Waals surface area contributed by atoms with Crippen molar-refractivity contribution >= 4 is 5.78 Å². The van der Waals surface area contributed by atoms with Crippen molar-refractivity contribution in [1.82, 2.24) is 0 Å². The smallest absolute Gasteiger partial charge is 0.164 e. The van der Waals surface area contributed by atoms with Crippen molar-refractivity contribution in [2.24, 2.45) is 0 Å². The topological polar surface area (TPSA) is 46.5 Å². The normalized spacial score (nSPS) is 12.5. The van der Waals surface area contributed by atoms with E-state index in [1.54, 1.807) is 13.8 Å². The molecule has 29 heavy (non-hydrogen) atoms. The van der Waals surface area contributed by atoms with Crippen LogP contribution in [0, 0.1) is 0 Å². The zero-order valence-electron chi connectivity index (χ0n) is 20.5. The van der Waals surface area contributed by atoms with Gasteiger partial charge in [-0.1, -0.05) is 96.8 Å². The number of hydrogen-bond donors (Lipinski definition) is 1. The van der Waals surface area contributed by atoms with E-state index in [2.05, 4.69) is 6.92 Å². The molecule has 0 radical (unpaired) electrons. The second-order valence-electron chi connectivity index (χ2n) is 10.0. The Hall–Kier alpha value is -0.410. The largest absolute Gasteiger partial charge is 0.390 e. The number of ether oxygens (including phenoxy) is 1. The molecule has 0 aromatic carbocycles. The third kappa shape index (κ3) is 19.3. The number of ketones is 1. The molecule has 3 heteroatoms. The minimum absolute atomic E-state index is 0.183. The summed E-state index contributed by atoms with van der Waals surface area (Å²) < 4.78 is 5.73. The molecule has 0 aromatic heterocycles. The van der Waals surface area contributed by atoms with Gasteiger partial charge in [0.25, 0.3) is 0 Å². The zero-order valence-corrected chi connectivity index (χ0v) is 20.5. The number of hydrogen-bond acceptors (Lipinski definition) is 3. The molecule has 0 rings (SSSR count). The molecule has 1 N–H and O–H groups in total. The van der Waals surface area contributed by atoms with E-state index >= 15 is 0 Å². The van der Waals surface area contributed by atoms with Crippen molar-refractivity contribution in [2.45, 2.75) is 155 Å². The van der Waals surface area contributed by atoms with Gasteiger partial charge in [-0.3, -0.25) is 4.79 Å². The number of rotatable bonds is 21. The lowest BCUT2D eigenvalue weighted by Gasteiger charge is -2.26. The van der Waals surface area contributed by atoms with Crippen LogP contribution >= 0.6 is 0 Å². The molecule has 3 nitrogen and oxygen atoms in total. The average Bonchev–Trinajstić information content (AvgIpc) is 2.63. The van der Waals surface area contributed by atoms with Crippen LogP contribution in [0.1, 0.15) is 144 Å². The van der Waals surface area contributed by atoms with Crippen LogP contribution in [0.25, 0.3) is 0 Å². The zero-order chi connectivity index (χ0) is 22.0. The summed E-state index contributed by atoms with van der Waals surface area (Å²) in [5, 5.41) is 9.74. The summed E-state index contributed by atoms with van der Waals surface area (Å²) in [6.45, 7) is 9.93. The molecule has 0 heterocycles. The monoisotopic (exact) mass is 412 g/mol. The number of Topliss-reactive ketones (excluding diaryl/α,β-unsaturated/α-hetero) is 1. The van der Waals surface area contributed by atoms with E-state index < -0.39 is 11.2 Å². The van der Waals surface area contributed by atoms with Crippen LogP contribution in [0.4, 0.5) is 0 Å². The van der Waals surface area contributed by atoms with Gasteiger partial charge in [0.2, 0.25) is 0 Å². The summed E-state index contributed by atoms with van der Waals surface area (Å²) >= 11 is 0. The Morgan fingerprint density at radius 3 is 1.45 bits per heavy atom. The third-order valence-electron chi connectivity index (χ3n) is 5.86. The third-order valence-corrected chi connectivity index (χ3v) is 5.86. The fourth-order valence-electron chi connectivity index (χ4n) is 3.59. The number of unbranched alkanes of at least 4 members (excludes halogenated alkanes) is 14. The summed E-state index contributed by atoms with van der Waals surface area (Å²) in [6.07, 6.45) is 21.2. The lowest BCUT2D eigenvalue weighted by Crippen LogP contribution is -2.36. The quantitative estimate of drug-likeness (QED) is 0.196. The first-order chi connectivity index (χ1) is 13.7. The molecule has 0 aromatic rings. The first-order valence-corrected chi connectivity index (χ1v) is 12.6. The van der Waals surface area contributed by atoms with Crippen molar-refractivity contribution in [2.75, 3.05) is 6.61 Å². The predicted octanol–water partition coefficient (Wildman–Crippen LogP) is 7.77. The van der Waals surface area contributed by atoms with E-state index in [1.165, 1.54) is 83.5 Å². The van der Waals surface area contributed by atoms with E-state index in [0.29, 0.717) is 19.4 Å². The van der Waals surface area contributed by atoms with E-state index in [9.17, 15) is 9.90 Å². The van der Waals surface area contributed by atoms with Gasteiger partial charge in [0.05, 0.1) is 12.2 Å². The summed E-state index contributed by atoms with van der Waals surface area (Å²) in [5.74, 6) is 0.183. The number of carbonyl (C=O) groups is 1. The molecule has 0 spiro atoms. The van der Waals surface area contributed by atoms with Crippen molar-refractivity contribution < 1.29 is 14.6 Å². The summed E-state index contributed by atoms with van der Waals surface area (Å²) in [7, 11) is 0. The van der Waals surface area contributed by atoms with E-state index in [-0.39, 0.29) is 5.78 Å². The minimum atomic E-state index is -0.743. The molecule has 0 atom stereocenters. The first kappa shape index (κ1) is 28.6. The molecule has 174 valence electrons. The molecular formula is C26H52O3. The Balaban J connectivity index is 3.46. The van der Waals surface area contributed by atoms with Gasteiger partial charge in [0.15, 0.2) is 5.78 Å². The van der Waals surface area contributed by atoms with Gasteiger partial charge in [0.1, 0.15) is 5.60 Å². The molecule has 0 unspecified atom stereocenters. The van der Waals surface area contributed by atoms with Crippen molar-refractivity contribution in [3.63, 3.8) is 0 Å². The summed E-state index contributed by atoms with van der Waals surface area (Å²) in [4.78, 5) is 12.4. The van der Waals surface area contributed by atoms with Gasteiger partial charge >= 0.3 is 0 Å². The Morgan fingerprint density at radius 2 is 1.07 bits per heavy atom. The van der Waals surface area contributed by atoms with Gasteiger partial charge in [-0.05, 0) is 40.5 Å². The molecule has 0 fully saturated rings. The second-order valence-corrected chi connectivity index (χ2v) is 10.0. The number of aliphatic hydroxyl groups is 1. The van der Waals surface area contributed by atoms with Crippen LogP contribution < -0.4 is 0 Å². The van der Waals surface area contributed by atoms with Crippen LogP contribution in [-0.2, 0) is 9.53 Å². The van der Waals surface area contributed by atoms with Crippen LogP contribution in [-0.4, -0.2) is 28.7 Å². The van der Waals surface area contributed by atoms with Crippen LogP contribution in [0.3, 0.4) is 0 Å². The van der Waals surface area contributed by atoms with Gasteiger partial charge < -0.3 is 9.84 Å². The fourth-order valence-corrected chi connectivity index (χ4v) is 3.59. The Kier molecular flexibility index (Phi) is 17.0. The highest BCUT2D eigenvalue weighted by atomic mass is 16.5. The number of carbonyl (C=O) groups excluding carboxylic acids is 1. The Labute approximate surface area is 182 Å². The van der Waals surface area contributed by atoms with Crippen LogP contribution in [0.2, 0.25) is 0 Å². The van der Waals surface area contributed by atoms with E-state index in [0.717, 1.165) is 12.8 Å². The van der Waals surface area contributed by atoms with Crippen LogP contribution in [0.15, 0.2) is 0 Å². The Morgan fingerprint density at radius 1 is 0.690 bits per heavy atom. The molecule has 0 aliphatic rings. The fraction of sp³-hybridized carbons (Fsp3) is 0.962. The molecule has 0 amide bonds. The summed E-state index contributed by atoms with van der Waals surface area (Å²) in [5.41, 5.74) is -1.48. The Bertz CT molecular complexity index is 382. The van der Waals surface area contributed by atoms with Gasteiger partial charge in [0, 0.05) is 6.42 Å². The first-order valence-electron chi connectivity index (χ1n) is 12.6. The highest BCUT2D eigenvalue weighted by molar-refractivity contribution is 5.86. The highest BCUT2D eigenvalue weighted by Crippen LogP contribution is 2.19. The maximum atomic E-state index is 12.4. The van der Waals surface area contributed by atoms with Crippen molar-refractivity contribution in [3.8, 4) is 0 Å². The molecule has 0 saturated carbocycles. The van der Waals surface area contributed by atoms with Crippen molar-refractivity contribution in [1.29, 1.82) is 0 Å². The molecule has 0 aliphatic carbocycles. The molecule has 0 bridgehead atoms. The summed E-state index contributed by atoms with van der Waals surface area (Å²) in [6, 6.07) is 0. The average molecular weight is 413 g/mol.